The molecule has 0 aliphatic carbocycles. The van der Waals surface area contributed by atoms with Gasteiger partial charge in [-0.2, -0.15) is 0 Å². The number of likely N-dealkylation sites (N-methyl/N-ethyl adjacent to an activating group) is 3. The van der Waals surface area contributed by atoms with Gasteiger partial charge in [-0.15, -0.1) is 0 Å². The lowest BCUT2D eigenvalue weighted by Gasteiger charge is -2.29. The van der Waals surface area contributed by atoms with Crippen LogP contribution in [0, 0.1) is 0 Å². The number of hydroxylamine groups is 1. The lowest BCUT2D eigenvalue weighted by atomic mass is 9.86. The second kappa shape index (κ2) is 36.1. The second-order valence-corrected chi connectivity index (χ2v) is 24.5. The molecule has 25 nitrogen and oxygen atoms in total. The number of benzene rings is 2. The molecule has 0 radical (unpaired) electrons. The molecule has 2 amide bonds. The van der Waals surface area contributed by atoms with Crippen LogP contribution in [0.15, 0.2) is 82.4 Å². The summed E-state index contributed by atoms with van der Waals surface area (Å²) in [6.07, 6.45) is 1.85. The van der Waals surface area contributed by atoms with Crippen molar-refractivity contribution in [2.45, 2.75) is 129 Å². The molecule has 512 valence electrons. The number of aldehydes is 1. The van der Waals surface area contributed by atoms with Gasteiger partial charge in [0.1, 0.15) is 18.0 Å². The van der Waals surface area contributed by atoms with E-state index in [9.17, 15) is 43.8 Å². The summed E-state index contributed by atoms with van der Waals surface area (Å²) in [5.41, 5.74) is 3.41. The average Bonchev–Trinajstić information content (AvgIpc) is 1.54. The summed E-state index contributed by atoms with van der Waals surface area (Å²) in [4.78, 5) is 116. The van der Waals surface area contributed by atoms with Gasteiger partial charge in [-0.25, -0.2) is 15.4 Å². The van der Waals surface area contributed by atoms with Gasteiger partial charge < -0.3 is 68.8 Å². The predicted octanol–water partition coefficient (Wildman–Crippen LogP) is 4.68. The van der Waals surface area contributed by atoms with Crippen LogP contribution in [-0.2, 0) is 89.9 Å². The van der Waals surface area contributed by atoms with Crippen molar-refractivity contribution in [2.75, 3.05) is 101 Å². The number of amides is 2. The number of carbonyl (C=O) groups is 6. The fourth-order valence-electron chi connectivity index (χ4n) is 10.6. The monoisotopic (exact) mass is 1300 g/mol. The van der Waals surface area contributed by atoms with Crippen LogP contribution < -0.4 is 32.5 Å². The van der Waals surface area contributed by atoms with Crippen LogP contribution in [-0.4, -0.2) is 189 Å². The summed E-state index contributed by atoms with van der Waals surface area (Å²) < 4.78 is 24.4. The number of rotatable bonds is 33. The lowest BCUT2D eigenvalue weighted by molar-refractivity contribution is -0.148. The van der Waals surface area contributed by atoms with Crippen LogP contribution in [0.4, 0.5) is 0 Å². The number of hydrogen-bond acceptors (Lipinski definition) is 21. The maximum Gasteiger partial charge on any atom is 0.306 e. The van der Waals surface area contributed by atoms with Crippen molar-refractivity contribution in [3.05, 3.63) is 127 Å². The number of methoxy groups -OCH3 is 1. The van der Waals surface area contributed by atoms with Crippen LogP contribution in [0.1, 0.15) is 113 Å². The first kappa shape index (κ1) is 76.7. The Hall–Kier alpha value is -7.98. The largest absolute Gasteiger partial charge is 0.468 e. The van der Waals surface area contributed by atoms with Crippen molar-refractivity contribution in [1.29, 1.82) is 0 Å². The molecule has 2 aliphatic heterocycles. The van der Waals surface area contributed by atoms with Gasteiger partial charge in [0, 0.05) is 103 Å². The van der Waals surface area contributed by atoms with Crippen molar-refractivity contribution in [3.8, 4) is 22.8 Å². The molecule has 0 saturated carbocycles. The van der Waals surface area contributed by atoms with Crippen LogP contribution in [0.5, 0.6) is 0 Å². The third-order valence-corrected chi connectivity index (χ3v) is 16.1. The Morgan fingerprint density at radius 3 is 1.77 bits per heavy atom. The van der Waals surface area contributed by atoms with Crippen LogP contribution >= 0.6 is 0 Å². The van der Waals surface area contributed by atoms with Crippen LogP contribution in [0.2, 0.25) is 0 Å². The van der Waals surface area contributed by atoms with E-state index in [0.717, 1.165) is 46.0 Å². The minimum Gasteiger partial charge on any atom is -0.468 e. The van der Waals surface area contributed by atoms with E-state index in [1.165, 1.54) is 7.11 Å². The van der Waals surface area contributed by atoms with E-state index >= 15 is 0 Å². The number of nitrogens with one attached hydrogen (secondary N) is 4. The zero-order valence-corrected chi connectivity index (χ0v) is 56.6. The van der Waals surface area contributed by atoms with E-state index in [0.29, 0.717) is 87.6 Å². The highest BCUT2D eigenvalue weighted by molar-refractivity contribution is 5.89. The van der Waals surface area contributed by atoms with Gasteiger partial charge in [-0.1, -0.05) is 50.2 Å². The first-order chi connectivity index (χ1) is 44.8. The summed E-state index contributed by atoms with van der Waals surface area (Å²) in [5.74, 6) is -1.40. The summed E-state index contributed by atoms with van der Waals surface area (Å²) in [6.45, 7) is 18.1. The van der Waals surface area contributed by atoms with Crippen molar-refractivity contribution < 1.29 is 62.8 Å². The zero-order chi connectivity index (χ0) is 69.4. The van der Waals surface area contributed by atoms with Gasteiger partial charge in [-0.05, 0) is 131 Å². The highest BCUT2D eigenvalue weighted by Crippen LogP contribution is 2.38. The molecule has 2 aromatic carbocycles. The Bertz CT molecular complexity index is 3660. The Morgan fingerprint density at radius 2 is 1.24 bits per heavy atom. The molecule has 6 heterocycles. The zero-order valence-electron chi connectivity index (χ0n) is 56.6. The van der Waals surface area contributed by atoms with Gasteiger partial charge in [0.15, 0.2) is 11.9 Å². The van der Waals surface area contributed by atoms with E-state index in [4.69, 9.17) is 33.8 Å². The van der Waals surface area contributed by atoms with E-state index in [1.807, 2.05) is 107 Å². The molecule has 6 N–H and O–H groups in total. The number of aliphatic hydroxyl groups is 2. The molecule has 4 aromatic heterocycles. The molecular weight excluding hydrogens is 1210 g/mol. The summed E-state index contributed by atoms with van der Waals surface area (Å²) >= 11 is 0. The van der Waals surface area contributed by atoms with Gasteiger partial charge in [0.05, 0.1) is 78.9 Å². The minimum absolute atomic E-state index is 0.00646. The van der Waals surface area contributed by atoms with Crippen molar-refractivity contribution in [1.82, 2.24) is 50.3 Å². The van der Waals surface area contributed by atoms with Gasteiger partial charge >= 0.3 is 5.97 Å². The Labute approximate surface area is 549 Å². The molecule has 25 heteroatoms. The fraction of sp³-hybridized carbons (Fsp3) is 0.507. The Balaban J connectivity index is 0.000000323. The maximum atomic E-state index is 13.9. The van der Waals surface area contributed by atoms with Crippen LogP contribution in [0.3, 0.4) is 0 Å². The average molecular weight is 1310 g/mol. The SMILES string of the molecule is C=O.CC[C@@](O)(C(=O)NCCN(C)C)c1cc2n(c(=O)c1COC)Cc1cc3ccccc3nc1-2.CC[C@@](O)(C=O)c1cc2n(c(=O)c1CCC(=O)OCCCNC(=O)C(C)(C)OCCC(C)(C)ONCCCOC=O)Cc1cc3ccccc3nc1-2.CNCCN(C)C. The number of fused-ring (bicyclic) bond motifs is 8. The first-order valence-corrected chi connectivity index (χ1v) is 31.6. The minimum atomic E-state index is -1.92. The maximum absolute atomic E-state index is 13.9. The normalized spacial score (nSPS) is 13.3. The quantitative estimate of drug-likeness (QED) is 0.0141. The fourth-order valence-corrected chi connectivity index (χ4v) is 10.6. The molecule has 0 saturated heterocycles. The number of para-hydroxylation sites is 2. The number of aromatic nitrogens is 4. The number of carbonyl (C=O) groups excluding carboxylic acids is 6. The number of hydrogen-bond donors (Lipinski definition) is 6. The molecule has 0 bridgehead atoms. The molecule has 0 fully saturated rings. The Morgan fingerprint density at radius 1 is 0.702 bits per heavy atom. The van der Waals surface area contributed by atoms with E-state index in [2.05, 4.69) is 45.2 Å². The molecule has 2 atom stereocenters. The van der Waals surface area contributed by atoms with Gasteiger partial charge in [0.2, 0.25) is 0 Å². The molecule has 0 unspecified atom stereocenters. The Kier molecular flexibility index (Phi) is 29.4. The number of nitrogens with zero attached hydrogens (tertiary/aromatic N) is 6. The summed E-state index contributed by atoms with van der Waals surface area (Å²) in [7, 11) is 11.4. The van der Waals surface area contributed by atoms with E-state index < -0.39 is 39.8 Å². The topological polar surface area (TPSA) is 313 Å². The first-order valence-electron chi connectivity index (χ1n) is 31.6. The third-order valence-electron chi connectivity index (χ3n) is 16.1. The molecule has 8 rings (SSSR count). The molecule has 2 aliphatic rings. The third kappa shape index (κ3) is 20.0. The number of esters is 1. The lowest BCUT2D eigenvalue weighted by Crippen LogP contribution is -2.47. The molecular formula is C69H96N10O15. The highest BCUT2D eigenvalue weighted by Gasteiger charge is 2.41. The number of pyridine rings is 4. The van der Waals surface area contributed by atoms with Gasteiger partial charge in [0.25, 0.3) is 29.4 Å². The number of ether oxygens (including phenoxy) is 4. The predicted molar refractivity (Wildman–Crippen MR) is 359 cm³/mol. The van der Waals surface area contributed by atoms with Crippen molar-refractivity contribution in [3.63, 3.8) is 0 Å². The van der Waals surface area contributed by atoms with Crippen molar-refractivity contribution in [2.24, 2.45) is 0 Å². The van der Waals surface area contributed by atoms with Crippen LogP contribution in [0.25, 0.3) is 44.6 Å². The van der Waals surface area contributed by atoms with E-state index in [-0.39, 0.29) is 92.3 Å². The summed E-state index contributed by atoms with van der Waals surface area (Å²) in [5, 5.41) is 33.4. The highest BCUT2D eigenvalue weighted by atomic mass is 16.7. The summed E-state index contributed by atoms with van der Waals surface area (Å²) in [6, 6.07) is 22.8. The second-order valence-electron chi connectivity index (χ2n) is 24.5. The molecule has 6 aromatic rings. The van der Waals surface area contributed by atoms with E-state index in [1.54, 1.807) is 49.0 Å². The van der Waals surface area contributed by atoms with Crippen molar-refractivity contribution >= 4 is 59.1 Å². The standard InChI is InChI=1S/C38H50N4O10.C25H30N4O4.C5H14N2.CH2O/c1-6-38(48,24-43)29-22-31-33-27(21-26-11-7-8-12-30(26)41-33)23-42(31)34(46)28(29)13-14-32(45)50-19-9-16-39-35(47)37(4,5)51-20-15-36(2,3)52-40-17-10-18-49-25-44;1-5-25(32,24(31)26-10-11-28(2)3)19-13-21-22-17(12-16-8-6-7-9-20(16)27-22)14-29(21)23(30)18(19)15-33-4;1-6-4-5-7(2)3;1-2/h7-8,11-12,21-22,24-25,40,48H,6,9-10,13-20,23H2,1-5H3,(H,39,47);6-9,12-13,32H,5,10-11,14-15H2,1-4H3,(H,26,31);6H,4-5H2,1-3H3;1H2/t38-;25-;;/m10../s1. The molecule has 94 heavy (non-hydrogen) atoms. The smallest absolute Gasteiger partial charge is 0.306 e. The molecule has 0 spiro atoms. The van der Waals surface area contributed by atoms with Gasteiger partial charge in [-0.3, -0.25) is 38.4 Å².